The van der Waals surface area contributed by atoms with Crippen molar-refractivity contribution in [3.8, 4) is 5.75 Å². The number of rotatable bonds is 3. The maximum absolute atomic E-state index is 13.7. The largest absolute Gasteiger partial charge is 0.497 e. The van der Waals surface area contributed by atoms with Crippen LogP contribution in [0.25, 0.3) is 0 Å². The third-order valence-electron chi connectivity index (χ3n) is 4.61. The molecule has 0 bridgehead atoms. The average Bonchev–Trinajstić information content (AvgIpc) is 3.25. The fourth-order valence-corrected chi connectivity index (χ4v) is 3.31. The van der Waals surface area contributed by atoms with E-state index in [0.29, 0.717) is 22.4 Å². The molecule has 0 spiro atoms. The van der Waals surface area contributed by atoms with E-state index in [1.54, 1.807) is 55.6 Å². The number of aliphatic hydroxyl groups is 1. The van der Waals surface area contributed by atoms with Crippen LogP contribution in [-0.4, -0.2) is 35.2 Å². The molecule has 1 amide bonds. The van der Waals surface area contributed by atoms with E-state index in [2.05, 4.69) is 0 Å². The van der Waals surface area contributed by atoms with Gasteiger partial charge in [-0.1, -0.05) is 30.3 Å². The molecular weight excluding hydrogens is 297 g/mol. The molecule has 1 N–H and O–H groups in total. The van der Waals surface area contributed by atoms with Gasteiger partial charge in [-0.25, -0.2) is 4.39 Å². The van der Waals surface area contributed by atoms with E-state index in [0.717, 1.165) is 0 Å². The van der Waals surface area contributed by atoms with E-state index in [4.69, 9.17) is 4.74 Å². The molecular formula is C18H16FNO3. The number of ether oxygens (including phenoxy) is 1. The van der Waals surface area contributed by atoms with Gasteiger partial charge in [0.05, 0.1) is 13.2 Å². The Morgan fingerprint density at radius 2 is 1.87 bits per heavy atom. The van der Waals surface area contributed by atoms with Crippen LogP contribution in [0, 0.1) is 0 Å². The van der Waals surface area contributed by atoms with Crippen LogP contribution < -0.4 is 4.74 Å². The van der Waals surface area contributed by atoms with Gasteiger partial charge in [0.2, 0.25) is 0 Å². The Balaban J connectivity index is 1.89. The number of carbonyl (C=O) groups excluding carboxylic acids is 1. The number of fused-ring (bicyclic) bond motifs is 1. The van der Waals surface area contributed by atoms with Crippen molar-refractivity contribution in [2.75, 3.05) is 7.11 Å². The zero-order valence-corrected chi connectivity index (χ0v) is 12.6. The lowest BCUT2D eigenvalue weighted by Crippen LogP contribution is -2.46. The van der Waals surface area contributed by atoms with Crippen LogP contribution in [0.3, 0.4) is 0 Å². The van der Waals surface area contributed by atoms with Crippen molar-refractivity contribution >= 4 is 5.91 Å². The van der Waals surface area contributed by atoms with Crippen LogP contribution in [0.2, 0.25) is 0 Å². The Labute approximate surface area is 133 Å². The van der Waals surface area contributed by atoms with Gasteiger partial charge in [-0.2, -0.15) is 0 Å². The Hall–Kier alpha value is -2.40. The maximum atomic E-state index is 13.7. The molecule has 1 fully saturated rings. The molecule has 1 heterocycles. The van der Waals surface area contributed by atoms with Crippen LogP contribution in [-0.2, 0) is 5.72 Å². The van der Waals surface area contributed by atoms with Crippen LogP contribution in [0.15, 0.2) is 48.5 Å². The smallest absolute Gasteiger partial charge is 0.257 e. The molecule has 0 aromatic heterocycles. The van der Waals surface area contributed by atoms with Gasteiger partial charge in [-0.15, -0.1) is 0 Å². The fraction of sp³-hybridized carbons (Fsp3) is 0.278. The molecule has 2 aliphatic rings. The summed E-state index contributed by atoms with van der Waals surface area (Å²) < 4.78 is 18.8. The van der Waals surface area contributed by atoms with E-state index < -0.39 is 17.9 Å². The first-order chi connectivity index (χ1) is 11.1. The Bertz CT molecular complexity index is 776. The molecule has 2 unspecified atom stereocenters. The highest BCUT2D eigenvalue weighted by atomic mass is 19.1. The molecule has 1 saturated carbocycles. The van der Waals surface area contributed by atoms with E-state index in [-0.39, 0.29) is 12.3 Å². The van der Waals surface area contributed by atoms with Crippen molar-refractivity contribution in [1.82, 2.24) is 4.90 Å². The SMILES string of the molecule is COc1ccc(C2(O)c3ccccc3C(=O)N2C2C[C@H]2F)cc1. The molecule has 2 aromatic carbocycles. The molecule has 4 rings (SSSR count). The van der Waals surface area contributed by atoms with Gasteiger partial charge >= 0.3 is 0 Å². The normalized spacial score (nSPS) is 28.7. The number of hydrogen-bond acceptors (Lipinski definition) is 3. The zero-order valence-electron chi connectivity index (χ0n) is 12.6. The minimum absolute atomic E-state index is 0.262. The van der Waals surface area contributed by atoms with Gasteiger partial charge < -0.3 is 9.84 Å². The van der Waals surface area contributed by atoms with Crippen molar-refractivity contribution in [3.63, 3.8) is 0 Å². The van der Waals surface area contributed by atoms with Crippen molar-refractivity contribution in [1.29, 1.82) is 0 Å². The highest BCUT2D eigenvalue weighted by Crippen LogP contribution is 2.48. The first-order valence-electron chi connectivity index (χ1n) is 7.51. The lowest BCUT2D eigenvalue weighted by Gasteiger charge is -2.35. The molecule has 4 nitrogen and oxygen atoms in total. The summed E-state index contributed by atoms with van der Waals surface area (Å²) in [5.41, 5.74) is -0.208. The summed E-state index contributed by atoms with van der Waals surface area (Å²) in [7, 11) is 1.56. The minimum atomic E-state index is -1.65. The van der Waals surface area contributed by atoms with E-state index in [1.807, 2.05) is 0 Å². The van der Waals surface area contributed by atoms with Crippen LogP contribution in [0.1, 0.15) is 27.9 Å². The molecule has 118 valence electrons. The van der Waals surface area contributed by atoms with Crippen LogP contribution in [0.4, 0.5) is 4.39 Å². The first kappa shape index (κ1) is 14.2. The quantitative estimate of drug-likeness (QED) is 0.947. The number of nitrogens with zero attached hydrogens (tertiary/aromatic N) is 1. The molecule has 0 radical (unpaired) electrons. The lowest BCUT2D eigenvalue weighted by atomic mass is 9.93. The van der Waals surface area contributed by atoms with Gasteiger partial charge in [0.25, 0.3) is 5.91 Å². The summed E-state index contributed by atoms with van der Waals surface area (Å²) in [5, 5.41) is 11.4. The standard InChI is InChI=1S/C18H16FNO3/c1-23-12-8-6-11(7-9-12)18(22)14-5-3-2-4-13(14)17(21)20(18)16-10-15(16)19/h2-9,15-16,22H,10H2,1H3/t15-,16?,18?/m1/s1. The fourth-order valence-electron chi connectivity index (χ4n) is 3.31. The van der Waals surface area contributed by atoms with Crippen molar-refractivity contribution in [2.45, 2.75) is 24.4 Å². The number of carbonyl (C=O) groups is 1. The van der Waals surface area contributed by atoms with Gasteiger partial charge in [-0.3, -0.25) is 9.69 Å². The zero-order chi connectivity index (χ0) is 16.2. The van der Waals surface area contributed by atoms with Crippen molar-refractivity contribution in [2.24, 2.45) is 0 Å². The molecule has 5 heteroatoms. The predicted molar refractivity (Wildman–Crippen MR) is 81.9 cm³/mol. The summed E-state index contributed by atoms with van der Waals surface area (Å²) in [5.74, 6) is 0.320. The third-order valence-corrected chi connectivity index (χ3v) is 4.61. The molecule has 0 saturated heterocycles. The van der Waals surface area contributed by atoms with Crippen molar-refractivity contribution in [3.05, 3.63) is 65.2 Å². The molecule has 1 aliphatic carbocycles. The molecule has 3 atom stereocenters. The first-order valence-corrected chi connectivity index (χ1v) is 7.51. The highest BCUT2D eigenvalue weighted by molar-refractivity contribution is 6.00. The number of alkyl halides is 1. The van der Waals surface area contributed by atoms with Gasteiger partial charge in [0, 0.05) is 23.1 Å². The topological polar surface area (TPSA) is 49.8 Å². The molecule has 2 aromatic rings. The monoisotopic (exact) mass is 313 g/mol. The van der Waals surface area contributed by atoms with E-state index >= 15 is 0 Å². The second kappa shape index (κ2) is 4.80. The summed E-state index contributed by atoms with van der Waals surface area (Å²) in [6.45, 7) is 0. The van der Waals surface area contributed by atoms with Gasteiger partial charge in [0.15, 0.2) is 5.72 Å². The van der Waals surface area contributed by atoms with Gasteiger partial charge in [-0.05, 0) is 18.2 Å². The summed E-state index contributed by atoms with van der Waals surface area (Å²) >= 11 is 0. The summed E-state index contributed by atoms with van der Waals surface area (Å²) in [6, 6.07) is 13.2. The van der Waals surface area contributed by atoms with Gasteiger partial charge in [0.1, 0.15) is 11.9 Å². The highest BCUT2D eigenvalue weighted by Gasteiger charge is 2.58. The number of amides is 1. The molecule has 23 heavy (non-hydrogen) atoms. The third kappa shape index (κ3) is 1.90. The Morgan fingerprint density at radius 1 is 1.22 bits per heavy atom. The second-order valence-corrected chi connectivity index (χ2v) is 5.94. The second-order valence-electron chi connectivity index (χ2n) is 5.94. The Morgan fingerprint density at radius 3 is 2.48 bits per heavy atom. The van der Waals surface area contributed by atoms with E-state index in [1.165, 1.54) is 4.90 Å². The number of methoxy groups -OCH3 is 1. The number of benzene rings is 2. The van der Waals surface area contributed by atoms with Crippen LogP contribution >= 0.6 is 0 Å². The number of halogens is 1. The lowest BCUT2D eigenvalue weighted by molar-refractivity contribution is -0.0571. The minimum Gasteiger partial charge on any atom is -0.497 e. The maximum Gasteiger partial charge on any atom is 0.257 e. The predicted octanol–water partition coefficient (Wildman–Crippen LogP) is 2.45. The summed E-state index contributed by atoms with van der Waals surface area (Å²) in [6.07, 6.45) is -0.823. The molecule has 1 aliphatic heterocycles. The van der Waals surface area contributed by atoms with Crippen molar-refractivity contribution < 1.29 is 19.0 Å². The Kier molecular flexibility index (Phi) is 2.96. The average molecular weight is 313 g/mol. The van der Waals surface area contributed by atoms with Crippen LogP contribution in [0.5, 0.6) is 5.75 Å². The summed E-state index contributed by atoms with van der Waals surface area (Å²) in [4.78, 5) is 14.0. The van der Waals surface area contributed by atoms with E-state index in [9.17, 15) is 14.3 Å². The number of hydrogen-bond donors (Lipinski definition) is 1.